The van der Waals surface area contributed by atoms with Crippen LogP contribution in [0, 0.1) is 6.92 Å². The van der Waals surface area contributed by atoms with E-state index in [4.69, 9.17) is 16.3 Å². The standard InChI is InChI=1S/C25H21ClN2O3S/c1-16-7-9-17(10-8-16)14-27-21-6-4-3-5-19(21)25(24(27)30)28(23(29)15-32-25)18-11-12-22(31-2)20(26)13-18/h3-13H,14-15H2,1-2H3/t25-/m1/s1. The summed E-state index contributed by atoms with van der Waals surface area (Å²) in [7, 11) is 1.54. The van der Waals surface area contributed by atoms with E-state index in [0.29, 0.717) is 23.0 Å². The zero-order chi connectivity index (χ0) is 22.5. The van der Waals surface area contributed by atoms with Crippen LogP contribution in [-0.4, -0.2) is 24.7 Å². The van der Waals surface area contributed by atoms with Gasteiger partial charge in [-0.1, -0.05) is 59.6 Å². The molecule has 1 atom stereocenters. The molecule has 1 saturated heterocycles. The Morgan fingerprint density at radius 1 is 1.06 bits per heavy atom. The number of ether oxygens (including phenoxy) is 1. The molecule has 0 unspecified atom stereocenters. The molecule has 162 valence electrons. The van der Waals surface area contributed by atoms with Gasteiger partial charge in [-0.3, -0.25) is 14.5 Å². The van der Waals surface area contributed by atoms with Crippen LogP contribution < -0.4 is 14.5 Å². The number of anilines is 2. The largest absolute Gasteiger partial charge is 0.495 e. The highest BCUT2D eigenvalue weighted by molar-refractivity contribution is 8.02. The maximum absolute atomic E-state index is 14.0. The number of rotatable bonds is 4. The van der Waals surface area contributed by atoms with Gasteiger partial charge in [0.2, 0.25) is 10.8 Å². The molecular formula is C25H21ClN2O3S. The molecule has 2 aliphatic heterocycles. The Hall–Kier alpha value is -2.96. The first-order valence-corrected chi connectivity index (χ1v) is 11.6. The maximum Gasteiger partial charge on any atom is 0.269 e. The zero-order valence-corrected chi connectivity index (χ0v) is 19.2. The molecule has 2 amide bonds. The number of para-hydroxylation sites is 1. The predicted octanol–water partition coefficient (Wildman–Crippen LogP) is 5.14. The van der Waals surface area contributed by atoms with Gasteiger partial charge in [0.15, 0.2) is 0 Å². The van der Waals surface area contributed by atoms with E-state index >= 15 is 0 Å². The summed E-state index contributed by atoms with van der Waals surface area (Å²) >= 11 is 7.73. The van der Waals surface area contributed by atoms with E-state index in [2.05, 4.69) is 0 Å². The van der Waals surface area contributed by atoms with Crippen LogP contribution in [0.3, 0.4) is 0 Å². The van der Waals surface area contributed by atoms with Crippen molar-refractivity contribution < 1.29 is 14.3 Å². The predicted molar refractivity (Wildman–Crippen MR) is 128 cm³/mol. The molecule has 0 aromatic heterocycles. The van der Waals surface area contributed by atoms with E-state index in [1.807, 2.05) is 55.5 Å². The van der Waals surface area contributed by atoms with Crippen molar-refractivity contribution in [3.05, 3.63) is 88.4 Å². The van der Waals surface area contributed by atoms with E-state index in [-0.39, 0.29) is 17.6 Å². The molecule has 1 spiro atoms. The molecular weight excluding hydrogens is 444 g/mol. The molecule has 5 nitrogen and oxygen atoms in total. The van der Waals surface area contributed by atoms with Crippen molar-refractivity contribution in [2.75, 3.05) is 22.7 Å². The fourth-order valence-electron chi connectivity index (χ4n) is 4.38. The third kappa shape index (κ3) is 3.09. The van der Waals surface area contributed by atoms with Gasteiger partial charge in [0, 0.05) is 11.3 Å². The Morgan fingerprint density at radius 2 is 1.81 bits per heavy atom. The van der Waals surface area contributed by atoms with Crippen LogP contribution in [-0.2, 0) is 21.0 Å². The minimum Gasteiger partial charge on any atom is -0.495 e. The van der Waals surface area contributed by atoms with Crippen LogP contribution in [0.4, 0.5) is 11.4 Å². The lowest BCUT2D eigenvalue weighted by molar-refractivity contribution is -0.123. The average molecular weight is 465 g/mol. The molecule has 3 aromatic rings. The Kier molecular flexibility index (Phi) is 5.14. The molecule has 2 heterocycles. The molecule has 0 radical (unpaired) electrons. The summed E-state index contributed by atoms with van der Waals surface area (Å²) in [4.78, 5) is 29.4. The summed E-state index contributed by atoms with van der Waals surface area (Å²) in [5, 5.41) is 0.389. The smallest absolute Gasteiger partial charge is 0.269 e. The van der Waals surface area contributed by atoms with Crippen LogP contribution >= 0.6 is 23.4 Å². The van der Waals surface area contributed by atoms with Crippen molar-refractivity contribution in [1.82, 2.24) is 0 Å². The number of amides is 2. The quantitative estimate of drug-likeness (QED) is 0.536. The Balaban J connectivity index is 1.62. The lowest BCUT2D eigenvalue weighted by atomic mass is 10.0. The summed E-state index contributed by atoms with van der Waals surface area (Å²) in [6.45, 7) is 2.47. The first kappa shape index (κ1) is 20.9. The van der Waals surface area contributed by atoms with Gasteiger partial charge in [-0.25, -0.2) is 0 Å². The summed E-state index contributed by atoms with van der Waals surface area (Å²) in [6.07, 6.45) is 0. The zero-order valence-electron chi connectivity index (χ0n) is 17.7. The number of carbonyl (C=O) groups is 2. The van der Waals surface area contributed by atoms with E-state index in [0.717, 1.165) is 22.4 Å². The van der Waals surface area contributed by atoms with Gasteiger partial charge in [0.05, 0.1) is 30.1 Å². The van der Waals surface area contributed by atoms with Crippen LogP contribution in [0.1, 0.15) is 16.7 Å². The minimum atomic E-state index is -1.16. The van der Waals surface area contributed by atoms with Crippen LogP contribution in [0.5, 0.6) is 5.75 Å². The summed E-state index contributed by atoms with van der Waals surface area (Å²) in [6, 6.07) is 21.0. The Bertz CT molecular complexity index is 1230. The number of aryl methyl sites for hydroxylation is 1. The maximum atomic E-state index is 14.0. The Labute approximate surface area is 195 Å². The van der Waals surface area contributed by atoms with Gasteiger partial charge in [0.25, 0.3) is 5.91 Å². The van der Waals surface area contributed by atoms with E-state index < -0.39 is 4.87 Å². The first-order valence-electron chi connectivity index (χ1n) is 10.2. The van der Waals surface area contributed by atoms with Crippen LogP contribution in [0.2, 0.25) is 5.02 Å². The SMILES string of the molecule is COc1ccc(N2C(=O)CS[C@]23C(=O)N(Cc2ccc(C)cc2)c2ccccc23)cc1Cl. The average Bonchev–Trinajstić information content (AvgIpc) is 3.26. The van der Waals surface area contributed by atoms with Crippen LogP contribution in [0.15, 0.2) is 66.7 Å². The third-order valence-electron chi connectivity index (χ3n) is 5.92. The molecule has 1 fully saturated rings. The van der Waals surface area contributed by atoms with Gasteiger partial charge in [-0.2, -0.15) is 0 Å². The highest BCUT2D eigenvalue weighted by Gasteiger charge is 2.60. The van der Waals surface area contributed by atoms with Gasteiger partial charge in [0.1, 0.15) is 5.75 Å². The van der Waals surface area contributed by atoms with Gasteiger partial charge < -0.3 is 9.64 Å². The van der Waals surface area contributed by atoms with Crippen LogP contribution in [0.25, 0.3) is 0 Å². The lowest BCUT2D eigenvalue weighted by Gasteiger charge is -2.33. The van der Waals surface area contributed by atoms with Crippen molar-refractivity contribution in [3.8, 4) is 5.75 Å². The second-order valence-electron chi connectivity index (χ2n) is 7.87. The number of hydrogen-bond donors (Lipinski definition) is 0. The molecule has 32 heavy (non-hydrogen) atoms. The number of thioether (sulfide) groups is 1. The fourth-order valence-corrected chi connectivity index (χ4v) is 5.99. The lowest BCUT2D eigenvalue weighted by Crippen LogP contribution is -2.49. The third-order valence-corrected chi connectivity index (χ3v) is 7.60. The van der Waals surface area contributed by atoms with Gasteiger partial charge in [-0.15, -0.1) is 11.8 Å². The van der Waals surface area contributed by atoms with E-state index in [1.165, 1.54) is 11.8 Å². The number of halogens is 1. The Morgan fingerprint density at radius 3 is 2.53 bits per heavy atom. The number of benzene rings is 3. The number of carbonyl (C=O) groups excluding carboxylic acids is 2. The van der Waals surface area contributed by atoms with Crippen molar-refractivity contribution in [1.29, 1.82) is 0 Å². The van der Waals surface area contributed by atoms with E-state index in [1.54, 1.807) is 35.1 Å². The summed E-state index contributed by atoms with van der Waals surface area (Å²) in [5.74, 6) is 0.476. The highest BCUT2D eigenvalue weighted by atomic mass is 35.5. The first-order chi connectivity index (χ1) is 15.5. The second kappa shape index (κ2) is 7.87. The molecule has 0 aliphatic carbocycles. The number of nitrogens with zero attached hydrogens (tertiary/aromatic N) is 2. The molecule has 0 saturated carbocycles. The topological polar surface area (TPSA) is 49.9 Å². The molecule has 0 bridgehead atoms. The summed E-state index contributed by atoms with van der Waals surface area (Å²) < 4.78 is 5.26. The van der Waals surface area contributed by atoms with Crippen molar-refractivity contribution in [3.63, 3.8) is 0 Å². The number of fused-ring (bicyclic) bond motifs is 2. The fraction of sp³-hybridized carbons (Fsp3) is 0.200. The molecule has 7 heteroatoms. The highest BCUT2D eigenvalue weighted by Crippen LogP contribution is 2.56. The monoisotopic (exact) mass is 464 g/mol. The van der Waals surface area contributed by atoms with Crippen molar-refractivity contribution >= 4 is 46.6 Å². The van der Waals surface area contributed by atoms with Gasteiger partial charge in [-0.05, 0) is 36.8 Å². The minimum absolute atomic E-state index is 0.123. The normalized spacial score (nSPS) is 19.7. The molecule has 5 rings (SSSR count). The molecule has 3 aromatic carbocycles. The molecule has 0 N–H and O–H groups in total. The van der Waals surface area contributed by atoms with E-state index in [9.17, 15) is 9.59 Å². The van der Waals surface area contributed by atoms with Crippen molar-refractivity contribution in [2.24, 2.45) is 0 Å². The molecule has 2 aliphatic rings. The second-order valence-corrected chi connectivity index (χ2v) is 9.45. The van der Waals surface area contributed by atoms with Crippen molar-refractivity contribution in [2.45, 2.75) is 18.3 Å². The summed E-state index contributed by atoms with van der Waals surface area (Å²) in [5.41, 5.74) is 4.41. The number of methoxy groups -OCH3 is 1. The number of hydrogen-bond acceptors (Lipinski definition) is 4. The van der Waals surface area contributed by atoms with Gasteiger partial charge >= 0.3 is 0 Å².